The van der Waals surface area contributed by atoms with Crippen molar-refractivity contribution in [3.8, 4) is 0 Å². The summed E-state index contributed by atoms with van der Waals surface area (Å²) in [6.07, 6.45) is 8.35. The van der Waals surface area contributed by atoms with E-state index in [-0.39, 0.29) is 5.41 Å². The minimum Gasteiger partial charge on any atom is -0.368 e. The number of nitrogens with zero attached hydrogens (tertiary/aromatic N) is 4. The highest BCUT2D eigenvalue weighted by atomic mass is 15.4. The fraction of sp³-hybridized carbons (Fsp3) is 0.364. The van der Waals surface area contributed by atoms with Gasteiger partial charge < -0.3 is 15.6 Å². The van der Waals surface area contributed by atoms with Crippen LogP contribution in [0.3, 0.4) is 0 Å². The van der Waals surface area contributed by atoms with Crippen molar-refractivity contribution in [1.29, 1.82) is 0 Å². The fourth-order valence-electron chi connectivity index (χ4n) is 3.66. The second-order valence-electron chi connectivity index (χ2n) is 8.73. The van der Waals surface area contributed by atoms with Crippen molar-refractivity contribution in [3.05, 3.63) is 59.0 Å². The first-order valence-corrected chi connectivity index (χ1v) is 9.85. The molecule has 0 spiro atoms. The van der Waals surface area contributed by atoms with Gasteiger partial charge in [-0.2, -0.15) is 5.10 Å². The second kappa shape index (κ2) is 6.99. The van der Waals surface area contributed by atoms with E-state index in [1.165, 1.54) is 16.7 Å². The van der Waals surface area contributed by atoms with Crippen LogP contribution < -0.4 is 21.1 Å². The maximum absolute atomic E-state index is 4.87. The molecule has 0 saturated heterocycles. The average molecular weight is 392 g/mol. The van der Waals surface area contributed by atoms with E-state index in [1.807, 2.05) is 30.9 Å². The Hall–Kier alpha value is -3.22. The third kappa shape index (κ3) is 3.85. The molecule has 0 atom stereocenters. The molecule has 2 aromatic heterocycles. The summed E-state index contributed by atoms with van der Waals surface area (Å²) in [5.74, 6) is 1.68. The fourth-order valence-corrected chi connectivity index (χ4v) is 3.66. The van der Waals surface area contributed by atoms with E-state index in [9.17, 15) is 0 Å². The molecule has 4 heterocycles. The number of anilines is 2. The summed E-state index contributed by atoms with van der Waals surface area (Å²) in [7, 11) is 4.05. The van der Waals surface area contributed by atoms with Gasteiger partial charge in [0.2, 0.25) is 0 Å². The summed E-state index contributed by atoms with van der Waals surface area (Å²) in [5.41, 5.74) is 13.1. The van der Waals surface area contributed by atoms with Gasteiger partial charge in [0.1, 0.15) is 11.6 Å². The number of nitrogens with one attached hydrogen (secondary N) is 3. The van der Waals surface area contributed by atoms with Gasteiger partial charge in [-0.25, -0.2) is 4.98 Å². The molecule has 2 aliphatic rings. The quantitative estimate of drug-likeness (QED) is 0.745. The Bertz CT molecular complexity index is 1030. The van der Waals surface area contributed by atoms with Crippen molar-refractivity contribution >= 4 is 23.2 Å². The Morgan fingerprint density at radius 3 is 2.62 bits per heavy atom. The summed E-state index contributed by atoms with van der Waals surface area (Å²) < 4.78 is 1.86. The van der Waals surface area contributed by atoms with Crippen LogP contribution >= 0.6 is 0 Å². The Kier molecular flexibility index (Phi) is 4.61. The Balaban J connectivity index is 1.64. The Morgan fingerprint density at radius 1 is 1.14 bits per heavy atom. The number of rotatable bonds is 3. The summed E-state index contributed by atoms with van der Waals surface area (Å²) in [6.45, 7) is 9.47. The van der Waals surface area contributed by atoms with Gasteiger partial charge in [0.25, 0.3) is 0 Å². The molecule has 0 fully saturated rings. The van der Waals surface area contributed by atoms with Crippen LogP contribution in [0.15, 0.2) is 42.0 Å². The van der Waals surface area contributed by atoms with E-state index < -0.39 is 0 Å². The lowest BCUT2D eigenvalue weighted by atomic mass is 9.86. The molecule has 7 nitrogen and oxygen atoms in total. The lowest BCUT2D eigenvalue weighted by molar-refractivity contribution is 0.502. The number of hydrogen-bond donors (Lipinski definition) is 3. The van der Waals surface area contributed by atoms with Crippen LogP contribution in [0.4, 0.5) is 11.5 Å². The van der Waals surface area contributed by atoms with Gasteiger partial charge in [0.05, 0.1) is 17.1 Å². The smallest absolute Gasteiger partial charge is 0.132 e. The van der Waals surface area contributed by atoms with Crippen LogP contribution in [-0.4, -0.2) is 28.4 Å². The van der Waals surface area contributed by atoms with E-state index in [0.717, 1.165) is 35.3 Å². The zero-order chi connectivity index (χ0) is 20.8. The van der Waals surface area contributed by atoms with Crippen molar-refractivity contribution in [2.24, 2.45) is 12.5 Å². The van der Waals surface area contributed by atoms with E-state index in [1.54, 1.807) is 0 Å². The first-order chi connectivity index (χ1) is 13.7. The van der Waals surface area contributed by atoms with Gasteiger partial charge in [0.15, 0.2) is 0 Å². The molecule has 2 aromatic rings. The average Bonchev–Trinajstić information content (AvgIpc) is 2.99. The third-order valence-corrected chi connectivity index (χ3v) is 5.25. The first kappa shape index (κ1) is 19.1. The van der Waals surface area contributed by atoms with Crippen molar-refractivity contribution in [3.63, 3.8) is 0 Å². The lowest BCUT2D eigenvalue weighted by Gasteiger charge is -2.28. The maximum Gasteiger partial charge on any atom is 0.132 e. The van der Waals surface area contributed by atoms with Gasteiger partial charge in [-0.15, -0.1) is 0 Å². The Morgan fingerprint density at radius 2 is 1.93 bits per heavy atom. The highest BCUT2D eigenvalue weighted by Crippen LogP contribution is 2.33. The van der Waals surface area contributed by atoms with Crippen molar-refractivity contribution in [1.82, 2.24) is 25.6 Å². The second-order valence-corrected chi connectivity index (χ2v) is 8.73. The number of aryl methyl sites for hydroxylation is 2. The summed E-state index contributed by atoms with van der Waals surface area (Å²) in [5, 5.41) is 7.87. The molecular weight excluding hydrogens is 362 g/mol. The largest absolute Gasteiger partial charge is 0.368 e. The van der Waals surface area contributed by atoms with Crippen LogP contribution in [0.25, 0.3) is 11.6 Å². The minimum absolute atomic E-state index is 0.0627. The zero-order valence-electron chi connectivity index (χ0n) is 18.0. The molecule has 2 aliphatic heterocycles. The standard InChI is InChI=1S/C22H29N7/c1-14-17(13-29(6)27-14)15-9-18-19(28(5)12-15)7-8-20(24-18)25-21-10-16(11-23-26-21)22(2,3)4/h7-11,13,23,26H,12H2,1-6H3,(H,24,25). The molecule has 0 aromatic carbocycles. The summed E-state index contributed by atoms with van der Waals surface area (Å²) in [6, 6.07) is 4.13. The summed E-state index contributed by atoms with van der Waals surface area (Å²) in [4.78, 5) is 7.10. The number of hydrogen-bond acceptors (Lipinski definition) is 6. The highest BCUT2D eigenvalue weighted by Gasteiger charge is 2.21. The molecule has 0 radical (unpaired) electrons. The predicted octanol–water partition coefficient (Wildman–Crippen LogP) is 3.41. The molecule has 0 saturated carbocycles. The van der Waals surface area contributed by atoms with Crippen molar-refractivity contribution < 1.29 is 0 Å². The van der Waals surface area contributed by atoms with Gasteiger partial charge in [0, 0.05) is 38.6 Å². The van der Waals surface area contributed by atoms with Crippen molar-refractivity contribution in [2.45, 2.75) is 27.7 Å². The monoisotopic (exact) mass is 391 g/mol. The SMILES string of the molecule is Cc1nn(C)cc1C1=Cc2nc(NC3=CC(C(C)(C)C)=CNN3)ccc2N(C)C1. The van der Waals surface area contributed by atoms with Crippen LogP contribution in [0.5, 0.6) is 0 Å². The van der Waals surface area contributed by atoms with Crippen molar-refractivity contribution in [2.75, 3.05) is 23.8 Å². The molecule has 0 aliphatic carbocycles. The van der Waals surface area contributed by atoms with E-state index in [2.05, 4.69) is 78.4 Å². The molecule has 3 N–H and O–H groups in total. The molecule has 29 heavy (non-hydrogen) atoms. The van der Waals surface area contributed by atoms with E-state index in [4.69, 9.17) is 4.98 Å². The van der Waals surface area contributed by atoms with Gasteiger partial charge in [-0.1, -0.05) is 20.8 Å². The highest BCUT2D eigenvalue weighted by molar-refractivity contribution is 5.90. The van der Waals surface area contributed by atoms with Crippen LogP contribution in [0.2, 0.25) is 0 Å². The number of allylic oxidation sites excluding steroid dienone is 2. The minimum atomic E-state index is 0.0627. The molecule has 7 heteroatoms. The Labute approximate surface area is 172 Å². The molecule has 0 bridgehead atoms. The molecule has 0 unspecified atom stereocenters. The number of likely N-dealkylation sites (N-methyl/N-ethyl adjacent to an activating group) is 1. The van der Waals surface area contributed by atoms with Crippen LogP contribution in [-0.2, 0) is 7.05 Å². The third-order valence-electron chi connectivity index (χ3n) is 5.25. The molecular formula is C22H29N7. The molecule has 4 rings (SSSR count). The number of hydrazine groups is 1. The van der Waals surface area contributed by atoms with Gasteiger partial charge >= 0.3 is 0 Å². The van der Waals surface area contributed by atoms with E-state index in [0.29, 0.717) is 0 Å². The van der Waals surface area contributed by atoms with Crippen LogP contribution in [0, 0.1) is 12.3 Å². The summed E-state index contributed by atoms with van der Waals surface area (Å²) >= 11 is 0. The topological polar surface area (TPSA) is 70.0 Å². The predicted molar refractivity (Wildman–Crippen MR) is 119 cm³/mol. The zero-order valence-corrected chi connectivity index (χ0v) is 18.0. The number of fused-ring (bicyclic) bond motifs is 1. The number of aromatic nitrogens is 3. The molecule has 152 valence electrons. The van der Waals surface area contributed by atoms with Gasteiger partial charge in [-0.05, 0) is 47.8 Å². The lowest BCUT2D eigenvalue weighted by Crippen LogP contribution is -2.35. The first-order valence-electron chi connectivity index (χ1n) is 9.85. The van der Waals surface area contributed by atoms with Crippen LogP contribution in [0.1, 0.15) is 37.7 Å². The number of pyridine rings is 1. The van der Waals surface area contributed by atoms with E-state index >= 15 is 0 Å². The molecule has 0 amide bonds. The maximum atomic E-state index is 4.87. The van der Waals surface area contributed by atoms with Gasteiger partial charge in [-0.3, -0.25) is 10.1 Å². The normalized spacial score (nSPS) is 16.2.